The number of rotatable bonds is 5. The van der Waals surface area contributed by atoms with Crippen LogP contribution >= 0.6 is 22.9 Å². The van der Waals surface area contributed by atoms with E-state index >= 15 is 0 Å². The first kappa shape index (κ1) is 27.4. The van der Waals surface area contributed by atoms with Gasteiger partial charge in [0.25, 0.3) is 11.8 Å². The van der Waals surface area contributed by atoms with Crippen LogP contribution in [0.25, 0.3) is 11.1 Å². The lowest BCUT2D eigenvalue weighted by molar-refractivity contribution is -0.138. The minimum absolute atomic E-state index is 0.0217. The van der Waals surface area contributed by atoms with Gasteiger partial charge in [0, 0.05) is 29.2 Å². The van der Waals surface area contributed by atoms with Crippen molar-refractivity contribution in [3.63, 3.8) is 0 Å². The summed E-state index contributed by atoms with van der Waals surface area (Å²) in [7, 11) is 1.47. The lowest BCUT2D eigenvalue weighted by Crippen LogP contribution is -2.27. The number of pyridine rings is 3. The number of fused-ring (bicyclic) bond motifs is 1. The fourth-order valence-corrected chi connectivity index (χ4v) is 5.20. The van der Waals surface area contributed by atoms with Crippen LogP contribution in [0.3, 0.4) is 0 Å². The van der Waals surface area contributed by atoms with Gasteiger partial charge in [-0.2, -0.15) is 13.2 Å². The van der Waals surface area contributed by atoms with Crippen LogP contribution in [0, 0.1) is 12.7 Å². The number of ether oxygens (including phenoxy) is 1. The Bertz CT molecular complexity index is 1640. The van der Waals surface area contributed by atoms with Gasteiger partial charge >= 0.3 is 6.18 Å². The largest absolute Gasteiger partial charge is 0.494 e. The number of hydrogen-bond donors (Lipinski definition) is 1. The summed E-state index contributed by atoms with van der Waals surface area (Å²) < 4.78 is 58.0. The second-order valence-electron chi connectivity index (χ2n) is 8.63. The third-order valence-corrected chi connectivity index (χ3v) is 7.17. The average molecular weight is 593 g/mol. The van der Waals surface area contributed by atoms with Gasteiger partial charge in [-0.05, 0) is 25.1 Å². The summed E-state index contributed by atoms with van der Waals surface area (Å²) in [6, 6.07) is 3.52. The number of anilines is 1. The Balaban J connectivity index is 1.33. The van der Waals surface area contributed by atoms with Crippen molar-refractivity contribution in [1.82, 2.24) is 24.8 Å². The van der Waals surface area contributed by atoms with Crippen LogP contribution in [0.15, 0.2) is 36.8 Å². The van der Waals surface area contributed by atoms with Gasteiger partial charge < -0.3 is 9.64 Å². The van der Waals surface area contributed by atoms with Crippen LogP contribution in [-0.2, 0) is 19.3 Å². The molecule has 0 atom stereocenters. The molecule has 1 N–H and O–H groups in total. The number of aromatic nitrogens is 4. The summed E-state index contributed by atoms with van der Waals surface area (Å²) in [6.45, 7) is 1.76. The molecule has 4 aromatic rings. The summed E-state index contributed by atoms with van der Waals surface area (Å²) in [6.07, 6.45) is -1.51. The number of aryl methyl sites for hydroxylation is 1. The van der Waals surface area contributed by atoms with E-state index in [1.807, 2.05) is 0 Å². The van der Waals surface area contributed by atoms with Crippen molar-refractivity contribution in [2.45, 2.75) is 26.2 Å². The zero-order chi connectivity index (χ0) is 28.8. The molecule has 0 fully saturated rings. The van der Waals surface area contributed by atoms with Crippen LogP contribution in [0.2, 0.25) is 5.15 Å². The molecule has 1 aliphatic rings. The van der Waals surface area contributed by atoms with Gasteiger partial charge in [-0.15, -0.1) is 0 Å². The molecule has 0 spiro atoms. The second kappa shape index (κ2) is 10.4. The van der Waals surface area contributed by atoms with Gasteiger partial charge in [0.05, 0.1) is 48.1 Å². The van der Waals surface area contributed by atoms with E-state index < -0.39 is 35.1 Å². The molecule has 2 amide bonds. The van der Waals surface area contributed by atoms with Gasteiger partial charge in [0.1, 0.15) is 10.9 Å². The normalized spacial score (nSPS) is 12.8. The number of halogens is 5. The van der Waals surface area contributed by atoms with Crippen LogP contribution in [-0.4, -0.2) is 43.8 Å². The molecule has 0 bridgehead atoms. The van der Waals surface area contributed by atoms with Crippen LogP contribution in [0.1, 0.15) is 42.7 Å². The van der Waals surface area contributed by atoms with E-state index in [0.717, 1.165) is 11.3 Å². The Morgan fingerprint density at radius 3 is 2.52 bits per heavy atom. The second-order valence-corrected chi connectivity index (χ2v) is 10.1. The van der Waals surface area contributed by atoms with Crippen molar-refractivity contribution in [3.8, 4) is 16.9 Å². The van der Waals surface area contributed by atoms with Gasteiger partial charge in [0.2, 0.25) is 0 Å². The van der Waals surface area contributed by atoms with E-state index in [-0.39, 0.29) is 35.0 Å². The molecule has 9 nitrogen and oxygen atoms in total. The predicted molar refractivity (Wildman–Crippen MR) is 137 cm³/mol. The highest BCUT2D eigenvalue weighted by Gasteiger charge is 2.35. The van der Waals surface area contributed by atoms with Crippen molar-refractivity contribution in [1.29, 1.82) is 0 Å². The fraction of sp³-hybridized carbons (Fsp3) is 0.200. The maximum atomic E-state index is 14.3. The molecular formula is C25H17ClF4N6O3S. The number of carbonyl (C=O) groups excluding carboxylic acids is 2. The third kappa shape index (κ3) is 5.31. The molecule has 0 saturated heterocycles. The number of amides is 2. The third-order valence-electron chi connectivity index (χ3n) is 5.96. The minimum Gasteiger partial charge on any atom is -0.494 e. The first-order valence-electron chi connectivity index (χ1n) is 11.4. The monoisotopic (exact) mass is 592 g/mol. The molecule has 0 aromatic carbocycles. The lowest BCUT2D eigenvalue weighted by Gasteiger charge is -2.16. The Morgan fingerprint density at radius 1 is 1.07 bits per heavy atom. The summed E-state index contributed by atoms with van der Waals surface area (Å²) in [4.78, 5) is 43.8. The first-order chi connectivity index (χ1) is 18.9. The van der Waals surface area contributed by atoms with Crippen molar-refractivity contribution in [3.05, 3.63) is 80.8 Å². The lowest BCUT2D eigenvalue weighted by atomic mass is 10.0. The maximum Gasteiger partial charge on any atom is 0.417 e. The van der Waals surface area contributed by atoms with Gasteiger partial charge in [-0.25, -0.2) is 19.3 Å². The zero-order valence-electron chi connectivity index (χ0n) is 20.6. The van der Waals surface area contributed by atoms with Crippen molar-refractivity contribution < 1.29 is 31.9 Å². The van der Waals surface area contributed by atoms with E-state index in [0.29, 0.717) is 39.3 Å². The minimum atomic E-state index is -4.79. The molecule has 1 aliphatic heterocycles. The quantitative estimate of drug-likeness (QED) is 0.240. The number of thiazole rings is 1. The smallest absolute Gasteiger partial charge is 0.417 e. The zero-order valence-corrected chi connectivity index (χ0v) is 22.2. The summed E-state index contributed by atoms with van der Waals surface area (Å²) in [5.74, 6) is -2.34. The van der Waals surface area contributed by atoms with Crippen molar-refractivity contribution in [2.24, 2.45) is 0 Å². The van der Waals surface area contributed by atoms with E-state index in [1.54, 1.807) is 19.1 Å². The number of hydrogen-bond acceptors (Lipinski definition) is 8. The fourth-order valence-electron chi connectivity index (χ4n) is 4.06. The van der Waals surface area contributed by atoms with Gasteiger partial charge in [-0.1, -0.05) is 22.9 Å². The Kier molecular flexibility index (Phi) is 7.14. The molecule has 0 saturated carbocycles. The van der Waals surface area contributed by atoms with Gasteiger partial charge in [0.15, 0.2) is 16.6 Å². The highest BCUT2D eigenvalue weighted by molar-refractivity contribution is 7.16. The number of alkyl halides is 3. The predicted octanol–water partition coefficient (Wildman–Crippen LogP) is 5.53. The highest BCUT2D eigenvalue weighted by atomic mass is 35.5. The first-order valence-corrected chi connectivity index (χ1v) is 12.6. The molecule has 206 valence electrons. The summed E-state index contributed by atoms with van der Waals surface area (Å²) in [5.41, 5.74) is 0.381. The molecule has 5 heterocycles. The topological polar surface area (TPSA) is 110 Å². The Morgan fingerprint density at radius 2 is 1.85 bits per heavy atom. The van der Waals surface area contributed by atoms with Crippen LogP contribution in [0.5, 0.6) is 5.75 Å². The number of methoxy groups -OCH3 is 1. The summed E-state index contributed by atoms with van der Waals surface area (Å²) in [5, 5.41) is 3.19. The molecule has 0 radical (unpaired) electrons. The van der Waals surface area contributed by atoms with E-state index in [1.165, 1.54) is 24.4 Å². The standard InChI is InChI=1S/C25H17ClF4N6O3S/c1-11-3-13(14-5-20(26)32-8-18(14)39-2)15(7-31-11)22(37)35-24-34-17-9-36(10-19(17)40-24)23(38)21-16(27)4-12(6-33-21)25(28,29)30/h3-8H,9-10H2,1-2H3,(H,34,35,37). The molecule has 40 heavy (non-hydrogen) atoms. The molecule has 4 aromatic heterocycles. The molecule has 0 unspecified atom stereocenters. The SMILES string of the molecule is COc1cnc(Cl)cc1-c1cc(C)ncc1C(=O)Nc1nc2c(s1)CN(C(=O)c1ncc(C(F)(F)F)cc1F)C2. The van der Waals surface area contributed by atoms with E-state index in [4.69, 9.17) is 16.3 Å². The highest BCUT2D eigenvalue weighted by Crippen LogP contribution is 2.36. The van der Waals surface area contributed by atoms with Crippen LogP contribution in [0.4, 0.5) is 22.7 Å². The summed E-state index contributed by atoms with van der Waals surface area (Å²) >= 11 is 7.20. The Hall–Kier alpha value is -4.17. The molecule has 5 rings (SSSR count). The van der Waals surface area contributed by atoms with E-state index in [9.17, 15) is 27.2 Å². The number of nitrogens with one attached hydrogen (secondary N) is 1. The molecule has 15 heteroatoms. The van der Waals surface area contributed by atoms with Gasteiger partial charge in [-0.3, -0.25) is 19.9 Å². The van der Waals surface area contributed by atoms with E-state index in [2.05, 4.69) is 25.3 Å². The van der Waals surface area contributed by atoms with Crippen molar-refractivity contribution >= 4 is 39.9 Å². The van der Waals surface area contributed by atoms with Crippen LogP contribution < -0.4 is 10.1 Å². The molecular weight excluding hydrogens is 576 g/mol. The van der Waals surface area contributed by atoms with Crippen molar-refractivity contribution in [2.75, 3.05) is 12.4 Å². The average Bonchev–Trinajstić information content (AvgIpc) is 3.46. The number of nitrogens with zero attached hydrogens (tertiary/aromatic N) is 5. The Labute approximate surface area is 232 Å². The number of carbonyl (C=O) groups is 2. The molecule has 0 aliphatic carbocycles. The maximum absolute atomic E-state index is 14.3.